The van der Waals surface area contributed by atoms with E-state index in [2.05, 4.69) is 5.32 Å². The summed E-state index contributed by atoms with van der Waals surface area (Å²) in [4.78, 5) is 28.0. The molecule has 32 heavy (non-hydrogen) atoms. The van der Waals surface area contributed by atoms with Crippen LogP contribution in [0.4, 0.5) is 15.8 Å². The van der Waals surface area contributed by atoms with E-state index in [-0.39, 0.29) is 23.2 Å². The molecule has 1 N–H and O–H groups in total. The molecule has 0 radical (unpaired) electrons. The Morgan fingerprint density at radius 3 is 2.22 bits per heavy atom. The van der Waals surface area contributed by atoms with Crippen LogP contribution in [0.2, 0.25) is 0 Å². The number of hydrogen-bond donors (Lipinski definition) is 1. The number of hydrogen-bond acceptors (Lipinski definition) is 4. The van der Waals surface area contributed by atoms with Crippen molar-refractivity contribution in [2.45, 2.75) is 26.9 Å². The molecule has 0 saturated carbocycles. The van der Waals surface area contributed by atoms with E-state index in [1.54, 1.807) is 42.5 Å². The first kappa shape index (κ1) is 21.3. The van der Waals surface area contributed by atoms with Gasteiger partial charge in [0.05, 0.1) is 17.4 Å². The smallest absolute Gasteiger partial charge is 0.282 e. The molecule has 0 aromatic heterocycles. The standard InChI is InChI=1S/C26H23FN2O3/c1-16(2)32-22-13-7-18(8-14-22)23-24(28-20-11-9-19(27)10-12-20)26(31)29(25(23)30)21-6-4-5-17(3)15-21/h4-16,28H,1-3H3. The van der Waals surface area contributed by atoms with Crippen LogP contribution in [0.15, 0.2) is 78.5 Å². The Labute approximate surface area is 186 Å². The van der Waals surface area contributed by atoms with Gasteiger partial charge in [0.25, 0.3) is 11.8 Å². The summed E-state index contributed by atoms with van der Waals surface area (Å²) in [6.07, 6.45) is 0.0160. The number of nitrogens with one attached hydrogen (secondary N) is 1. The van der Waals surface area contributed by atoms with Gasteiger partial charge in [-0.3, -0.25) is 9.59 Å². The van der Waals surface area contributed by atoms with Crippen molar-refractivity contribution in [1.82, 2.24) is 0 Å². The lowest BCUT2D eigenvalue weighted by atomic mass is 10.0. The van der Waals surface area contributed by atoms with Crippen LogP contribution in [0.5, 0.6) is 5.75 Å². The number of carbonyl (C=O) groups is 2. The number of aryl methyl sites for hydroxylation is 1. The van der Waals surface area contributed by atoms with E-state index in [0.29, 0.717) is 22.7 Å². The van der Waals surface area contributed by atoms with Crippen molar-refractivity contribution in [3.63, 3.8) is 0 Å². The molecule has 1 aliphatic heterocycles. The highest BCUT2D eigenvalue weighted by Crippen LogP contribution is 2.34. The van der Waals surface area contributed by atoms with Gasteiger partial charge in [0.2, 0.25) is 0 Å². The molecule has 0 spiro atoms. The van der Waals surface area contributed by atoms with Crippen LogP contribution < -0.4 is 15.0 Å². The fraction of sp³-hybridized carbons (Fsp3) is 0.154. The van der Waals surface area contributed by atoms with Crippen molar-refractivity contribution in [3.8, 4) is 5.75 Å². The van der Waals surface area contributed by atoms with Crippen LogP contribution in [-0.2, 0) is 9.59 Å². The van der Waals surface area contributed by atoms with Crippen LogP contribution in [0.3, 0.4) is 0 Å². The maximum Gasteiger partial charge on any atom is 0.282 e. The molecule has 0 aliphatic carbocycles. The van der Waals surface area contributed by atoms with Crippen LogP contribution in [0, 0.1) is 12.7 Å². The number of rotatable bonds is 6. The third-order valence-corrected chi connectivity index (χ3v) is 4.97. The van der Waals surface area contributed by atoms with E-state index in [1.165, 1.54) is 24.3 Å². The maximum absolute atomic E-state index is 13.5. The van der Waals surface area contributed by atoms with Gasteiger partial charge in [-0.2, -0.15) is 0 Å². The van der Waals surface area contributed by atoms with Crippen LogP contribution >= 0.6 is 0 Å². The summed E-state index contributed by atoms with van der Waals surface area (Å²) in [5, 5.41) is 3.03. The highest BCUT2D eigenvalue weighted by atomic mass is 19.1. The van der Waals surface area contributed by atoms with Crippen molar-refractivity contribution in [1.29, 1.82) is 0 Å². The number of ether oxygens (including phenoxy) is 1. The number of nitrogens with zero attached hydrogens (tertiary/aromatic N) is 1. The van der Waals surface area contributed by atoms with Gasteiger partial charge in [0.1, 0.15) is 17.3 Å². The molecule has 5 nitrogen and oxygen atoms in total. The monoisotopic (exact) mass is 430 g/mol. The molecule has 0 bridgehead atoms. The third kappa shape index (κ3) is 4.25. The van der Waals surface area contributed by atoms with E-state index >= 15 is 0 Å². The third-order valence-electron chi connectivity index (χ3n) is 4.97. The summed E-state index contributed by atoms with van der Waals surface area (Å²) < 4.78 is 19.0. The average Bonchev–Trinajstić information content (AvgIpc) is 2.99. The van der Waals surface area contributed by atoms with Crippen LogP contribution in [0.1, 0.15) is 25.0 Å². The molecule has 6 heteroatoms. The van der Waals surface area contributed by atoms with Crippen molar-refractivity contribution in [3.05, 3.63) is 95.4 Å². The fourth-order valence-electron chi connectivity index (χ4n) is 3.56. The quantitative estimate of drug-likeness (QED) is 0.538. The summed E-state index contributed by atoms with van der Waals surface area (Å²) in [7, 11) is 0. The van der Waals surface area contributed by atoms with Gasteiger partial charge < -0.3 is 10.1 Å². The van der Waals surface area contributed by atoms with E-state index in [4.69, 9.17) is 4.74 Å². The van der Waals surface area contributed by atoms with Gasteiger partial charge in [0.15, 0.2) is 0 Å². The molecule has 1 heterocycles. The van der Waals surface area contributed by atoms with Crippen molar-refractivity contribution in [2.75, 3.05) is 10.2 Å². The highest BCUT2D eigenvalue weighted by Gasteiger charge is 2.40. The Bertz CT molecular complexity index is 1200. The number of imide groups is 1. The number of carbonyl (C=O) groups excluding carboxylic acids is 2. The van der Waals surface area contributed by atoms with Crippen molar-refractivity contribution in [2.24, 2.45) is 0 Å². The zero-order chi connectivity index (χ0) is 22.8. The lowest BCUT2D eigenvalue weighted by Crippen LogP contribution is -2.32. The Hall–Kier alpha value is -3.93. The Morgan fingerprint density at radius 1 is 0.906 bits per heavy atom. The largest absolute Gasteiger partial charge is 0.491 e. The maximum atomic E-state index is 13.5. The summed E-state index contributed by atoms with van der Waals surface area (Å²) in [5.41, 5.74) is 2.90. The molecular formula is C26H23FN2O3. The lowest BCUT2D eigenvalue weighted by Gasteiger charge is -2.16. The molecule has 0 saturated heterocycles. The van der Waals surface area contributed by atoms with Gasteiger partial charge in [-0.05, 0) is 80.4 Å². The number of benzene rings is 3. The molecule has 4 rings (SSSR count). The van der Waals surface area contributed by atoms with Gasteiger partial charge in [-0.1, -0.05) is 24.3 Å². The number of anilines is 2. The predicted molar refractivity (Wildman–Crippen MR) is 123 cm³/mol. The van der Waals surface area contributed by atoms with E-state index in [9.17, 15) is 14.0 Å². The van der Waals surface area contributed by atoms with Gasteiger partial charge in [-0.25, -0.2) is 9.29 Å². The van der Waals surface area contributed by atoms with Gasteiger partial charge in [0, 0.05) is 5.69 Å². The predicted octanol–water partition coefficient (Wildman–Crippen LogP) is 5.32. The molecule has 2 amide bonds. The summed E-state index contributed by atoms with van der Waals surface area (Å²) in [5.74, 6) is -0.615. The first-order valence-corrected chi connectivity index (χ1v) is 10.3. The molecule has 162 valence electrons. The zero-order valence-electron chi connectivity index (χ0n) is 18.1. The molecule has 3 aromatic carbocycles. The fourth-order valence-corrected chi connectivity index (χ4v) is 3.56. The molecule has 3 aromatic rings. The second-order valence-electron chi connectivity index (χ2n) is 7.86. The Balaban J connectivity index is 1.77. The second kappa shape index (κ2) is 8.67. The molecule has 0 fully saturated rings. The minimum atomic E-state index is -0.470. The first-order chi connectivity index (χ1) is 15.3. The van der Waals surface area contributed by atoms with Crippen molar-refractivity contribution >= 4 is 28.8 Å². The Morgan fingerprint density at radius 2 is 1.59 bits per heavy atom. The first-order valence-electron chi connectivity index (χ1n) is 10.3. The lowest BCUT2D eigenvalue weighted by molar-refractivity contribution is -0.120. The van der Waals surface area contributed by atoms with Gasteiger partial charge >= 0.3 is 0 Å². The second-order valence-corrected chi connectivity index (χ2v) is 7.86. The molecule has 1 aliphatic rings. The molecule has 0 unspecified atom stereocenters. The minimum absolute atomic E-state index is 0.0160. The normalized spacial score (nSPS) is 13.8. The van der Waals surface area contributed by atoms with E-state index in [0.717, 1.165) is 10.5 Å². The summed E-state index contributed by atoms with van der Waals surface area (Å²) >= 11 is 0. The molecule has 0 atom stereocenters. The average molecular weight is 430 g/mol. The topological polar surface area (TPSA) is 58.6 Å². The Kier molecular flexibility index (Phi) is 5.77. The SMILES string of the molecule is Cc1cccc(N2C(=O)C(Nc3ccc(F)cc3)=C(c3ccc(OC(C)C)cc3)C2=O)c1. The van der Waals surface area contributed by atoms with Crippen LogP contribution in [-0.4, -0.2) is 17.9 Å². The number of halogens is 1. The summed E-state index contributed by atoms with van der Waals surface area (Å²) in [6.45, 7) is 5.76. The van der Waals surface area contributed by atoms with Gasteiger partial charge in [-0.15, -0.1) is 0 Å². The zero-order valence-corrected chi connectivity index (χ0v) is 18.1. The minimum Gasteiger partial charge on any atom is -0.491 e. The van der Waals surface area contributed by atoms with Crippen molar-refractivity contribution < 1.29 is 18.7 Å². The van der Waals surface area contributed by atoms with E-state index < -0.39 is 11.8 Å². The highest BCUT2D eigenvalue weighted by molar-refractivity contribution is 6.46. The van der Waals surface area contributed by atoms with Crippen LogP contribution in [0.25, 0.3) is 5.57 Å². The van der Waals surface area contributed by atoms with E-state index in [1.807, 2.05) is 26.8 Å². The summed E-state index contributed by atoms with van der Waals surface area (Å²) in [6, 6.07) is 19.9. The molecular weight excluding hydrogens is 407 g/mol. The number of amides is 2.